The molecule has 0 saturated carbocycles. The highest BCUT2D eigenvalue weighted by molar-refractivity contribution is 6.31. The van der Waals surface area contributed by atoms with Crippen molar-refractivity contribution < 1.29 is 18.0 Å². The van der Waals surface area contributed by atoms with Crippen LogP contribution in [0.5, 0.6) is 0 Å². The normalized spacial score (nSPS) is 11.3. The Kier molecular flexibility index (Phi) is 4.17. The van der Waals surface area contributed by atoms with Gasteiger partial charge in [-0.15, -0.1) is 0 Å². The van der Waals surface area contributed by atoms with E-state index in [4.69, 9.17) is 11.6 Å². The fourth-order valence-corrected chi connectivity index (χ4v) is 1.33. The van der Waals surface area contributed by atoms with Crippen molar-refractivity contribution in [3.63, 3.8) is 0 Å². The maximum absolute atomic E-state index is 12.3. The van der Waals surface area contributed by atoms with E-state index in [-0.39, 0.29) is 13.1 Å². The number of aromatic nitrogens is 2. The molecule has 0 aliphatic carbocycles. The van der Waals surface area contributed by atoms with Gasteiger partial charge >= 0.3 is 6.18 Å². The van der Waals surface area contributed by atoms with E-state index in [1.165, 1.54) is 0 Å². The molecule has 0 aliphatic rings. The van der Waals surface area contributed by atoms with E-state index in [1.54, 1.807) is 0 Å². The van der Waals surface area contributed by atoms with Crippen LogP contribution in [0, 0.1) is 0 Å². The van der Waals surface area contributed by atoms with Gasteiger partial charge in [0.2, 0.25) is 5.91 Å². The van der Waals surface area contributed by atoms with Gasteiger partial charge in [0.25, 0.3) is 0 Å². The molecule has 1 heterocycles. The van der Waals surface area contributed by atoms with Crippen LogP contribution in [0.25, 0.3) is 0 Å². The van der Waals surface area contributed by atoms with Gasteiger partial charge in [-0.25, -0.2) is 0 Å². The number of alkyl halides is 3. The van der Waals surface area contributed by atoms with Crippen LogP contribution in [0.1, 0.15) is 5.69 Å². The molecule has 0 aromatic carbocycles. The van der Waals surface area contributed by atoms with Crippen molar-refractivity contribution >= 4 is 17.5 Å². The lowest BCUT2D eigenvalue weighted by molar-refractivity contribution is -0.141. The van der Waals surface area contributed by atoms with Gasteiger partial charge in [-0.3, -0.25) is 9.48 Å². The molecule has 0 bridgehead atoms. The molecular formula is C9H9ClF3N3O. The second-order valence-electron chi connectivity index (χ2n) is 3.08. The molecule has 17 heavy (non-hydrogen) atoms. The number of carbonyl (C=O) groups is 1. The lowest BCUT2D eigenvalue weighted by Gasteiger charge is -2.03. The number of hydrogen-bond donors (Lipinski definition) is 1. The average molecular weight is 268 g/mol. The minimum Gasteiger partial charge on any atom is -0.351 e. The Labute approximate surface area is 100 Å². The lowest BCUT2D eigenvalue weighted by atomic mass is 10.4. The highest BCUT2D eigenvalue weighted by Gasteiger charge is 2.36. The van der Waals surface area contributed by atoms with Gasteiger partial charge in [0, 0.05) is 12.7 Å². The molecule has 4 nitrogen and oxygen atoms in total. The van der Waals surface area contributed by atoms with Gasteiger partial charge in [0.05, 0.1) is 11.6 Å². The number of amides is 1. The number of carbonyl (C=O) groups excluding carboxylic acids is 1. The number of nitrogens with zero attached hydrogens (tertiary/aromatic N) is 2. The number of halogens is 4. The standard InChI is InChI=1S/C9H9ClF3N3O/c1-2-7(17)14-3-4-16-5-6(10)8(15-16)9(11,12)13/h2,5H,1,3-4H2,(H,14,17). The fourth-order valence-electron chi connectivity index (χ4n) is 1.07. The van der Waals surface area contributed by atoms with Gasteiger partial charge in [0.15, 0.2) is 5.69 Å². The van der Waals surface area contributed by atoms with Crippen molar-refractivity contribution in [3.8, 4) is 0 Å². The summed E-state index contributed by atoms with van der Waals surface area (Å²) in [5.74, 6) is -0.403. The SMILES string of the molecule is C=CC(=O)NCCn1cc(Cl)c(C(F)(F)F)n1. The van der Waals surface area contributed by atoms with Gasteiger partial charge in [0.1, 0.15) is 0 Å². The third-order valence-electron chi connectivity index (χ3n) is 1.81. The maximum Gasteiger partial charge on any atom is 0.436 e. The summed E-state index contributed by atoms with van der Waals surface area (Å²) in [7, 11) is 0. The van der Waals surface area contributed by atoms with Crippen molar-refractivity contribution in [1.82, 2.24) is 15.1 Å². The van der Waals surface area contributed by atoms with Crippen molar-refractivity contribution in [2.24, 2.45) is 0 Å². The predicted molar refractivity (Wildman–Crippen MR) is 55.4 cm³/mol. The van der Waals surface area contributed by atoms with Crippen LogP contribution in [0.2, 0.25) is 5.02 Å². The van der Waals surface area contributed by atoms with Crippen LogP contribution >= 0.6 is 11.6 Å². The first-order chi connectivity index (χ1) is 7.84. The molecule has 0 fully saturated rings. The molecule has 0 unspecified atom stereocenters. The lowest BCUT2D eigenvalue weighted by Crippen LogP contribution is -2.25. The molecule has 0 radical (unpaired) electrons. The summed E-state index contributed by atoms with van der Waals surface area (Å²) >= 11 is 5.39. The molecule has 1 N–H and O–H groups in total. The minimum absolute atomic E-state index is 0.0926. The smallest absolute Gasteiger partial charge is 0.351 e. The number of nitrogens with one attached hydrogen (secondary N) is 1. The molecule has 1 aromatic heterocycles. The minimum atomic E-state index is -4.58. The third-order valence-corrected chi connectivity index (χ3v) is 2.09. The molecule has 0 spiro atoms. The highest BCUT2D eigenvalue weighted by atomic mass is 35.5. The van der Waals surface area contributed by atoms with Crippen molar-refractivity contribution in [2.75, 3.05) is 6.54 Å². The second kappa shape index (κ2) is 5.22. The predicted octanol–water partition coefficient (Wildman–Crippen LogP) is 1.86. The van der Waals surface area contributed by atoms with Crippen molar-refractivity contribution in [3.05, 3.63) is 29.6 Å². The summed E-state index contributed by atoms with van der Waals surface area (Å²) in [6.45, 7) is 3.46. The van der Waals surface area contributed by atoms with Crippen LogP contribution in [0.15, 0.2) is 18.9 Å². The number of rotatable bonds is 4. The zero-order valence-electron chi connectivity index (χ0n) is 8.59. The van der Waals surface area contributed by atoms with E-state index in [2.05, 4.69) is 17.0 Å². The Hall–Kier alpha value is -1.50. The first-order valence-electron chi connectivity index (χ1n) is 4.55. The average Bonchev–Trinajstić information content (AvgIpc) is 2.59. The topological polar surface area (TPSA) is 46.9 Å². The Balaban J connectivity index is 2.62. The molecule has 0 atom stereocenters. The van der Waals surface area contributed by atoms with E-state index in [1.807, 2.05) is 0 Å². The zero-order chi connectivity index (χ0) is 13.1. The molecule has 94 valence electrons. The molecule has 1 aromatic rings. The Bertz CT molecular complexity index is 428. The summed E-state index contributed by atoms with van der Waals surface area (Å²) in [6, 6.07) is 0. The molecule has 1 amide bonds. The summed E-state index contributed by atoms with van der Waals surface area (Å²) in [6.07, 6.45) is -2.45. The second-order valence-corrected chi connectivity index (χ2v) is 3.49. The summed E-state index contributed by atoms with van der Waals surface area (Å²) < 4.78 is 38.0. The molecular weight excluding hydrogens is 259 g/mol. The molecule has 1 rings (SSSR count). The first kappa shape index (κ1) is 13.6. The van der Waals surface area contributed by atoms with Crippen LogP contribution in [-0.4, -0.2) is 22.2 Å². The molecule has 0 saturated heterocycles. The molecule has 8 heteroatoms. The van der Waals surface area contributed by atoms with E-state index in [0.717, 1.165) is 17.0 Å². The van der Waals surface area contributed by atoms with Crippen LogP contribution < -0.4 is 5.32 Å². The Morgan fingerprint density at radius 1 is 1.65 bits per heavy atom. The Morgan fingerprint density at radius 2 is 2.29 bits per heavy atom. The van der Waals surface area contributed by atoms with E-state index >= 15 is 0 Å². The number of hydrogen-bond acceptors (Lipinski definition) is 2. The summed E-state index contributed by atoms with van der Waals surface area (Å²) in [5, 5.41) is 5.23. The first-order valence-corrected chi connectivity index (χ1v) is 4.93. The van der Waals surface area contributed by atoms with Gasteiger partial charge in [-0.1, -0.05) is 18.2 Å². The third kappa shape index (κ3) is 3.77. The van der Waals surface area contributed by atoms with Crippen LogP contribution in [0.4, 0.5) is 13.2 Å². The monoisotopic (exact) mass is 267 g/mol. The van der Waals surface area contributed by atoms with E-state index in [9.17, 15) is 18.0 Å². The largest absolute Gasteiger partial charge is 0.436 e. The van der Waals surface area contributed by atoms with Crippen LogP contribution in [0.3, 0.4) is 0 Å². The summed E-state index contributed by atoms with van der Waals surface area (Å²) in [5.41, 5.74) is -1.13. The van der Waals surface area contributed by atoms with Crippen molar-refractivity contribution in [2.45, 2.75) is 12.7 Å². The van der Waals surface area contributed by atoms with Gasteiger partial charge in [-0.05, 0) is 6.08 Å². The van der Waals surface area contributed by atoms with Gasteiger partial charge < -0.3 is 5.32 Å². The van der Waals surface area contributed by atoms with Crippen LogP contribution in [-0.2, 0) is 17.5 Å². The van der Waals surface area contributed by atoms with Crippen molar-refractivity contribution in [1.29, 1.82) is 0 Å². The quantitative estimate of drug-likeness (QED) is 0.847. The summed E-state index contributed by atoms with van der Waals surface area (Å²) in [4.78, 5) is 10.8. The maximum atomic E-state index is 12.3. The van der Waals surface area contributed by atoms with E-state index in [0.29, 0.717) is 0 Å². The zero-order valence-corrected chi connectivity index (χ0v) is 9.35. The van der Waals surface area contributed by atoms with E-state index < -0.39 is 22.8 Å². The van der Waals surface area contributed by atoms with Gasteiger partial charge in [-0.2, -0.15) is 18.3 Å². The Morgan fingerprint density at radius 3 is 2.76 bits per heavy atom. The fraction of sp³-hybridized carbons (Fsp3) is 0.333. The highest BCUT2D eigenvalue weighted by Crippen LogP contribution is 2.32. The molecule has 0 aliphatic heterocycles.